The summed E-state index contributed by atoms with van der Waals surface area (Å²) in [5.41, 5.74) is 6.86. The van der Waals surface area contributed by atoms with Crippen LogP contribution in [0.15, 0.2) is 91.0 Å². The van der Waals surface area contributed by atoms with Gasteiger partial charge in [-0.15, -0.1) is 23.2 Å². The van der Waals surface area contributed by atoms with Crippen molar-refractivity contribution < 1.29 is 80.9 Å². The van der Waals surface area contributed by atoms with E-state index in [9.17, 15) is 71.9 Å². The highest BCUT2D eigenvalue weighted by atomic mass is 35.5. The number of fused-ring (bicyclic) bond motifs is 6. The highest BCUT2D eigenvalue weighted by molar-refractivity contribution is 8.00. The molecule has 5 aromatic carbocycles. The second-order valence-electron chi connectivity index (χ2n) is 23.7. The number of amides is 8. The molecule has 3 aliphatic heterocycles. The number of halogens is 2. The Morgan fingerprint density at radius 3 is 1.80 bits per heavy atom. The van der Waals surface area contributed by atoms with Crippen LogP contribution < -0.4 is 40.5 Å². The molecular weight excluding hydrogens is 1320 g/mol. The van der Waals surface area contributed by atoms with Crippen molar-refractivity contribution in [2.24, 2.45) is 17.1 Å². The lowest BCUT2D eigenvalue weighted by Crippen LogP contribution is -2.47. The summed E-state index contributed by atoms with van der Waals surface area (Å²) in [6, 6.07) is 20.3. The summed E-state index contributed by atoms with van der Waals surface area (Å²) in [5.74, 6) is -5.04. The van der Waals surface area contributed by atoms with Crippen LogP contribution in [0.4, 0.5) is 21.9 Å². The van der Waals surface area contributed by atoms with Crippen LogP contribution >= 0.6 is 50.6 Å². The lowest BCUT2D eigenvalue weighted by Gasteiger charge is -2.39. The predicted molar refractivity (Wildman–Crippen MR) is 359 cm³/mol. The van der Waals surface area contributed by atoms with Crippen LogP contribution in [0.3, 0.4) is 0 Å². The van der Waals surface area contributed by atoms with Gasteiger partial charge in [-0.3, -0.25) is 62.8 Å². The molecule has 29 heteroatoms. The van der Waals surface area contributed by atoms with E-state index in [1.807, 2.05) is 0 Å². The molecule has 1 saturated heterocycles. The molecule has 94 heavy (non-hydrogen) atoms. The van der Waals surface area contributed by atoms with Gasteiger partial charge < -0.3 is 40.5 Å². The zero-order valence-corrected chi connectivity index (χ0v) is 55.5. The molecule has 1 saturated carbocycles. The number of likely N-dealkylation sites (tertiary alicyclic amines) is 1. The number of rotatable bonds is 31. The molecule has 500 valence electrons. The molecule has 4 atom stereocenters. The zero-order valence-electron chi connectivity index (χ0n) is 51.3. The zero-order chi connectivity index (χ0) is 67.6. The van der Waals surface area contributed by atoms with E-state index >= 15 is 0 Å². The number of carbonyl (C=O) groups is 9. The molecule has 1 unspecified atom stereocenters. The van der Waals surface area contributed by atoms with E-state index < -0.39 is 62.6 Å². The van der Waals surface area contributed by atoms with Gasteiger partial charge in [0.1, 0.15) is 23.1 Å². The maximum atomic E-state index is 14.3. The van der Waals surface area contributed by atoms with Gasteiger partial charge in [-0.25, -0.2) is 13.9 Å². The number of alkyl halides is 2. The van der Waals surface area contributed by atoms with Gasteiger partial charge in [-0.1, -0.05) is 79.9 Å². The smallest absolute Gasteiger partial charge is 0.404 e. The molecule has 9 N–H and O–H groups in total. The van der Waals surface area contributed by atoms with Crippen molar-refractivity contribution in [3.63, 3.8) is 0 Å². The van der Waals surface area contributed by atoms with Crippen LogP contribution in [0, 0.1) is 11.3 Å². The van der Waals surface area contributed by atoms with E-state index in [0.717, 1.165) is 0 Å². The molecule has 0 spiro atoms. The minimum absolute atomic E-state index is 0.0890. The number of nitrogens with zero attached hydrogens (tertiary/aromatic N) is 3. The van der Waals surface area contributed by atoms with Crippen molar-refractivity contribution in [2.75, 3.05) is 65.9 Å². The number of thioether (sulfide) groups is 1. The second-order valence-corrected chi connectivity index (χ2v) is 27.7. The second kappa shape index (κ2) is 31.0. The average Bonchev–Trinajstić information content (AvgIpc) is 1.55. The molecule has 4 aliphatic rings. The molecular formula is C65H73Cl2N7O17P2S. The summed E-state index contributed by atoms with van der Waals surface area (Å²) in [6.45, 7) is 0.404. The number of phosphoric acid groups is 2. The molecule has 8 amide bonds. The maximum absolute atomic E-state index is 14.3. The largest absolute Gasteiger partial charge is 0.524 e. The number of hydrogen-bond donors (Lipinski definition) is 8. The third kappa shape index (κ3) is 16.8. The number of unbranched alkanes of at least 4 members (excludes halogenated alkanes) is 3. The fourth-order valence-corrected chi connectivity index (χ4v) is 14.7. The highest BCUT2D eigenvalue weighted by Gasteiger charge is 2.50. The Morgan fingerprint density at radius 2 is 1.28 bits per heavy atom. The summed E-state index contributed by atoms with van der Waals surface area (Å²) >= 11 is 14.3. The van der Waals surface area contributed by atoms with Crippen LogP contribution in [0.5, 0.6) is 11.5 Å². The van der Waals surface area contributed by atoms with E-state index in [-0.39, 0.29) is 128 Å². The van der Waals surface area contributed by atoms with Gasteiger partial charge in [-0.05, 0) is 96.0 Å². The van der Waals surface area contributed by atoms with Crippen molar-refractivity contribution >= 4 is 154 Å². The molecule has 0 aromatic heterocycles. The molecule has 5 aromatic rings. The Balaban J connectivity index is 0.914. The van der Waals surface area contributed by atoms with E-state index in [1.54, 1.807) is 66.9 Å². The first-order chi connectivity index (χ1) is 44.8. The standard InChI is InChI=1S/C65H73Cl2N7O17P2S/c1-94-53-34-59(80)72(63(53)82)29-9-3-2-4-17-54(75)65(25-11-26-65)55(76)31-41(12-10-27-70-64(68)83)62(81)69-28-24-56(77)71-48-30-39(19-22-57(78)73-37-42(35-66)60-46-15-7-5-13-44(46)51(32-49(60)73)90-92(84,85)86)18-20-40(48)21-23-58(79)74-38-43(36-67)61-47-16-8-6-14-45(47)52(33-50(61)74)91-93(87,88)89/h5-8,13-16,18-23,30,32-33,41-43,53H,2-4,9-12,17,24-29,31,34-38H2,1H3,(H,69,81)(H,71,77)(H3,68,70,83)(H2,84,85,86)(H2,87,88,89)/b22-19+,23-21+/t41-,42-,43-,53?/m1/s1. The van der Waals surface area contributed by atoms with Gasteiger partial charge in [0, 0.05) is 129 Å². The number of benzene rings is 5. The number of ketones is 2. The summed E-state index contributed by atoms with van der Waals surface area (Å²) in [5, 5.41) is 9.69. The first-order valence-corrected chi connectivity index (χ1v) is 36.2. The Kier molecular flexibility index (Phi) is 23.3. The quantitative estimate of drug-likeness (QED) is 0.00511. The third-order valence-electron chi connectivity index (χ3n) is 17.6. The Hall–Kier alpha value is -7.44. The summed E-state index contributed by atoms with van der Waals surface area (Å²) in [4.78, 5) is 164. The number of nitrogens with one attached hydrogen (secondary N) is 3. The van der Waals surface area contributed by atoms with Gasteiger partial charge >= 0.3 is 21.7 Å². The molecule has 0 radical (unpaired) electrons. The SMILES string of the molecule is CSC1CC(=O)N(CCCCCCC(=O)C2(C(=O)C[C@@H](CCCNC(N)=O)C(=O)NCCC(=O)Nc3cc(/C=C/C(=O)N4C[C@@H](CCl)c5c4cc(OP(=O)(O)O)c4ccccc54)ccc3/C=C/C(=O)N3C[C@@H](CCl)c4c3cc(OP(=O)(O)O)c3ccccc43)CCC2)C1=O. The average molecular weight is 1390 g/mol. The maximum Gasteiger partial charge on any atom is 0.524 e. The Morgan fingerprint density at radius 1 is 0.713 bits per heavy atom. The van der Waals surface area contributed by atoms with Gasteiger partial charge in [0.15, 0.2) is 0 Å². The minimum atomic E-state index is -5.06. The van der Waals surface area contributed by atoms with E-state index in [4.69, 9.17) is 38.0 Å². The van der Waals surface area contributed by atoms with Gasteiger partial charge in [0.25, 0.3) is 11.8 Å². The first kappa shape index (κ1) is 70.9. The number of nitrogens with two attached hydrogens (primary N) is 1. The van der Waals surface area contributed by atoms with Crippen molar-refractivity contribution in [3.8, 4) is 11.5 Å². The fourth-order valence-electron chi connectivity index (χ4n) is 12.8. The summed E-state index contributed by atoms with van der Waals surface area (Å²) in [7, 11) is -10.1. The van der Waals surface area contributed by atoms with Gasteiger partial charge in [0.05, 0.1) is 22.0 Å². The van der Waals surface area contributed by atoms with Crippen LogP contribution in [0.25, 0.3) is 33.7 Å². The Bertz CT molecular complexity index is 3970. The van der Waals surface area contributed by atoms with Gasteiger partial charge in [0.2, 0.25) is 23.6 Å². The number of carbonyl (C=O) groups excluding carboxylic acids is 9. The van der Waals surface area contributed by atoms with Crippen LogP contribution in [0.1, 0.15) is 118 Å². The number of urea groups is 1. The van der Waals surface area contributed by atoms with E-state index in [1.165, 1.54) is 69.0 Å². The number of primary amides is 1. The number of hydrogen-bond acceptors (Lipinski definition) is 14. The molecule has 24 nitrogen and oxygen atoms in total. The summed E-state index contributed by atoms with van der Waals surface area (Å²) < 4.78 is 34.4. The topological polar surface area (TPSA) is 359 Å². The van der Waals surface area contributed by atoms with Crippen molar-refractivity contribution in [1.29, 1.82) is 0 Å². The number of phosphoric ester groups is 2. The minimum Gasteiger partial charge on any atom is -0.404 e. The van der Waals surface area contributed by atoms with E-state index in [0.29, 0.717) is 107 Å². The van der Waals surface area contributed by atoms with Crippen LogP contribution in [-0.4, -0.2) is 134 Å². The fraction of sp³-hybridized carbons (Fsp3) is 0.400. The monoisotopic (exact) mass is 1390 g/mol. The molecule has 1 aliphatic carbocycles. The predicted octanol–water partition coefficient (Wildman–Crippen LogP) is 9.35. The summed E-state index contributed by atoms with van der Waals surface area (Å²) in [6.07, 6.45) is 11.1. The molecule has 3 heterocycles. The number of Topliss-reactive ketones (excluding diaryl/α,β-unsaturated/α-hetero) is 2. The third-order valence-corrected chi connectivity index (χ3v) is 20.1. The van der Waals surface area contributed by atoms with Crippen LogP contribution in [0.2, 0.25) is 0 Å². The lowest BCUT2D eigenvalue weighted by molar-refractivity contribution is -0.149. The first-order valence-electron chi connectivity index (χ1n) is 30.7. The highest BCUT2D eigenvalue weighted by Crippen LogP contribution is 2.51. The molecule has 9 rings (SSSR count). The van der Waals surface area contributed by atoms with Crippen molar-refractivity contribution in [2.45, 2.75) is 101 Å². The van der Waals surface area contributed by atoms with Crippen molar-refractivity contribution in [1.82, 2.24) is 15.5 Å². The van der Waals surface area contributed by atoms with E-state index in [2.05, 4.69) is 16.0 Å². The lowest BCUT2D eigenvalue weighted by atomic mass is 9.61. The number of imide groups is 1. The molecule has 2 fully saturated rings. The normalized spacial score (nSPS) is 17.9. The van der Waals surface area contributed by atoms with Crippen LogP contribution in [-0.2, 0) is 47.5 Å². The molecule has 0 bridgehead atoms. The van der Waals surface area contributed by atoms with Crippen molar-refractivity contribution in [3.05, 3.63) is 113 Å². The Labute approximate surface area is 556 Å². The number of anilines is 3. The van der Waals surface area contributed by atoms with Gasteiger partial charge in [-0.2, -0.15) is 11.8 Å².